The highest BCUT2D eigenvalue weighted by Gasteiger charge is 2.09. The van der Waals surface area contributed by atoms with Gasteiger partial charge >= 0.3 is 0 Å². The Bertz CT molecular complexity index is 846. The van der Waals surface area contributed by atoms with E-state index in [-0.39, 0.29) is 0 Å². The molecule has 0 aromatic heterocycles. The van der Waals surface area contributed by atoms with Gasteiger partial charge in [0.05, 0.1) is 0 Å². The molecule has 3 nitrogen and oxygen atoms in total. The van der Waals surface area contributed by atoms with Crippen molar-refractivity contribution in [3.05, 3.63) is 76.8 Å². The van der Waals surface area contributed by atoms with E-state index in [9.17, 15) is 0 Å². The number of hydrogen-bond donors (Lipinski definition) is 1. The van der Waals surface area contributed by atoms with Gasteiger partial charge in [0.1, 0.15) is 12.4 Å². The first-order valence-corrected chi connectivity index (χ1v) is 9.24. The van der Waals surface area contributed by atoms with Gasteiger partial charge in [0, 0.05) is 30.2 Å². The third-order valence-electron chi connectivity index (χ3n) is 4.34. The Kier molecular flexibility index (Phi) is 6.51. The second-order valence-electron chi connectivity index (χ2n) is 6.66. The summed E-state index contributed by atoms with van der Waals surface area (Å²) in [5, 5.41) is 6.74. The third kappa shape index (κ3) is 4.98. The Morgan fingerprint density at radius 1 is 0.962 bits per heavy atom. The first kappa shape index (κ1) is 18.7. The number of halogens is 1. The van der Waals surface area contributed by atoms with Crippen molar-refractivity contribution in [1.29, 1.82) is 0 Å². The number of likely N-dealkylation sites (N-methyl/N-ethyl adjacent to an activating group) is 1. The molecule has 1 N–H and O–H groups in total. The lowest BCUT2D eigenvalue weighted by Gasteiger charge is -2.16. The number of rotatable bonds is 8. The Morgan fingerprint density at radius 2 is 1.73 bits per heavy atom. The molecule has 0 heterocycles. The van der Waals surface area contributed by atoms with Gasteiger partial charge in [-0.15, -0.1) is 0 Å². The summed E-state index contributed by atoms with van der Waals surface area (Å²) in [7, 11) is 4.17. The Morgan fingerprint density at radius 3 is 2.50 bits per heavy atom. The zero-order valence-electron chi connectivity index (χ0n) is 15.3. The molecule has 4 heteroatoms. The molecule has 0 aliphatic heterocycles. The molecule has 3 rings (SSSR count). The topological polar surface area (TPSA) is 24.5 Å². The normalized spacial score (nSPS) is 11.2. The molecule has 0 atom stereocenters. The van der Waals surface area contributed by atoms with Gasteiger partial charge in [-0.1, -0.05) is 54.1 Å². The molecule has 0 saturated heterocycles. The zero-order chi connectivity index (χ0) is 18.4. The molecule has 0 unspecified atom stereocenters. The number of ether oxygens (including phenoxy) is 1. The predicted molar refractivity (Wildman–Crippen MR) is 110 cm³/mol. The molecule has 0 amide bonds. The lowest BCUT2D eigenvalue weighted by molar-refractivity contribution is 0.302. The molecule has 26 heavy (non-hydrogen) atoms. The molecule has 0 radical (unpaired) electrons. The second-order valence-corrected chi connectivity index (χ2v) is 7.10. The van der Waals surface area contributed by atoms with Crippen LogP contribution in [0.5, 0.6) is 5.75 Å². The van der Waals surface area contributed by atoms with E-state index in [1.54, 1.807) is 0 Å². The van der Waals surface area contributed by atoms with Crippen LogP contribution >= 0.6 is 11.6 Å². The molecule has 0 aliphatic carbocycles. The van der Waals surface area contributed by atoms with Gasteiger partial charge in [0.25, 0.3) is 0 Å². The Hall–Kier alpha value is -2.07. The van der Waals surface area contributed by atoms with Crippen LogP contribution in [0.15, 0.2) is 60.7 Å². The average molecular weight is 369 g/mol. The maximum absolute atomic E-state index is 6.16. The summed E-state index contributed by atoms with van der Waals surface area (Å²) < 4.78 is 6.16. The van der Waals surface area contributed by atoms with Crippen molar-refractivity contribution in [1.82, 2.24) is 10.2 Å². The maximum atomic E-state index is 6.16. The number of fused-ring (bicyclic) bond motifs is 1. The van der Waals surface area contributed by atoms with Crippen LogP contribution in [0.4, 0.5) is 0 Å². The molecule has 136 valence electrons. The second kappa shape index (κ2) is 9.04. The van der Waals surface area contributed by atoms with Crippen molar-refractivity contribution in [2.24, 2.45) is 0 Å². The monoisotopic (exact) mass is 368 g/mol. The first-order chi connectivity index (χ1) is 12.6. The highest BCUT2D eigenvalue weighted by molar-refractivity contribution is 6.30. The minimum absolute atomic E-state index is 0.528. The smallest absolute Gasteiger partial charge is 0.124 e. The fraction of sp³-hybridized carbons (Fsp3) is 0.273. The van der Waals surface area contributed by atoms with E-state index in [4.69, 9.17) is 16.3 Å². The predicted octanol–water partition coefficient (Wildman–Crippen LogP) is 4.72. The highest BCUT2D eigenvalue weighted by atomic mass is 35.5. The van der Waals surface area contributed by atoms with E-state index in [1.165, 1.54) is 16.3 Å². The molecule has 3 aromatic rings. The summed E-state index contributed by atoms with van der Waals surface area (Å²) in [5.74, 6) is 0.927. The molecular formula is C22H25ClN2O. The van der Waals surface area contributed by atoms with Gasteiger partial charge in [-0.2, -0.15) is 0 Å². The van der Waals surface area contributed by atoms with Crippen LogP contribution in [0, 0.1) is 0 Å². The standard InChI is InChI=1S/C22H25ClN2O/c1-25(2)14-13-24-15-21-20-6-4-3-5-18(20)9-12-22(21)26-16-17-7-10-19(23)11-8-17/h3-12,24H,13-16H2,1-2H3. The fourth-order valence-electron chi connectivity index (χ4n) is 2.89. The maximum Gasteiger partial charge on any atom is 0.124 e. The van der Waals surface area contributed by atoms with E-state index >= 15 is 0 Å². The van der Waals surface area contributed by atoms with E-state index in [1.807, 2.05) is 24.3 Å². The van der Waals surface area contributed by atoms with Gasteiger partial charge in [-0.3, -0.25) is 0 Å². The van der Waals surface area contributed by atoms with Crippen molar-refractivity contribution in [2.75, 3.05) is 27.2 Å². The molecule has 0 bridgehead atoms. The molecule has 0 spiro atoms. The summed E-state index contributed by atoms with van der Waals surface area (Å²) in [4.78, 5) is 2.17. The van der Waals surface area contributed by atoms with Crippen molar-refractivity contribution < 1.29 is 4.74 Å². The number of nitrogens with one attached hydrogen (secondary N) is 1. The van der Waals surface area contributed by atoms with E-state index in [2.05, 4.69) is 60.7 Å². The Labute approximate surface area is 160 Å². The molecular weight excluding hydrogens is 344 g/mol. The molecule has 3 aromatic carbocycles. The van der Waals surface area contributed by atoms with Gasteiger partial charge < -0.3 is 15.0 Å². The first-order valence-electron chi connectivity index (χ1n) is 8.87. The number of hydrogen-bond acceptors (Lipinski definition) is 3. The molecule has 0 fully saturated rings. The summed E-state index contributed by atoms with van der Waals surface area (Å²) >= 11 is 5.96. The van der Waals surface area contributed by atoms with Gasteiger partial charge in [-0.25, -0.2) is 0 Å². The van der Waals surface area contributed by atoms with Crippen LogP contribution in [0.1, 0.15) is 11.1 Å². The number of nitrogens with zero attached hydrogens (tertiary/aromatic N) is 1. The summed E-state index contributed by atoms with van der Waals surface area (Å²) in [6.07, 6.45) is 0. The zero-order valence-corrected chi connectivity index (χ0v) is 16.1. The lowest BCUT2D eigenvalue weighted by Crippen LogP contribution is -2.26. The molecule has 0 saturated carbocycles. The summed E-state index contributed by atoms with van der Waals surface area (Å²) in [6, 6.07) is 20.4. The Balaban J connectivity index is 1.78. The van der Waals surface area contributed by atoms with Gasteiger partial charge in [0.2, 0.25) is 0 Å². The van der Waals surface area contributed by atoms with E-state index in [0.717, 1.165) is 36.0 Å². The molecule has 0 aliphatic rings. The van der Waals surface area contributed by atoms with E-state index < -0.39 is 0 Å². The van der Waals surface area contributed by atoms with Crippen molar-refractivity contribution >= 4 is 22.4 Å². The average Bonchev–Trinajstić information content (AvgIpc) is 2.65. The highest BCUT2D eigenvalue weighted by Crippen LogP contribution is 2.29. The van der Waals surface area contributed by atoms with E-state index in [0.29, 0.717) is 6.61 Å². The van der Waals surface area contributed by atoms with Crippen molar-refractivity contribution in [3.63, 3.8) is 0 Å². The minimum atomic E-state index is 0.528. The van der Waals surface area contributed by atoms with Crippen LogP contribution in [-0.4, -0.2) is 32.1 Å². The van der Waals surface area contributed by atoms with Crippen LogP contribution in [-0.2, 0) is 13.2 Å². The van der Waals surface area contributed by atoms with Crippen LogP contribution in [0.25, 0.3) is 10.8 Å². The van der Waals surface area contributed by atoms with Crippen LogP contribution in [0.3, 0.4) is 0 Å². The van der Waals surface area contributed by atoms with Crippen molar-refractivity contribution in [3.8, 4) is 5.75 Å². The minimum Gasteiger partial charge on any atom is -0.489 e. The fourth-order valence-corrected chi connectivity index (χ4v) is 3.02. The van der Waals surface area contributed by atoms with Crippen molar-refractivity contribution in [2.45, 2.75) is 13.2 Å². The lowest BCUT2D eigenvalue weighted by atomic mass is 10.0. The van der Waals surface area contributed by atoms with Gasteiger partial charge in [0.15, 0.2) is 0 Å². The summed E-state index contributed by atoms with van der Waals surface area (Å²) in [6.45, 7) is 3.25. The SMILES string of the molecule is CN(C)CCNCc1c(OCc2ccc(Cl)cc2)ccc2ccccc12. The number of benzene rings is 3. The van der Waals surface area contributed by atoms with Crippen LogP contribution in [0.2, 0.25) is 5.02 Å². The third-order valence-corrected chi connectivity index (χ3v) is 4.59. The largest absolute Gasteiger partial charge is 0.489 e. The van der Waals surface area contributed by atoms with Crippen LogP contribution < -0.4 is 10.1 Å². The van der Waals surface area contributed by atoms with Gasteiger partial charge in [-0.05, 0) is 48.6 Å². The summed E-state index contributed by atoms with van der Waals surface area (Å²) in [5.41, 5.74) is 2.31. The quantitative estimate of drug-likeness (QED) is 0.582.